The number of aromatic nitrogens is 1. The van der Waals surface area contributed by atoms with Gasteiger partial charge in [0.05, 0.1) is 4.92 Å². The SMILES string of the molecule is CN(Cc1cccc(Cl)c1)c1ccc([N+](=O)[O-])c(N)n1. The van der Waals surface area contributed by atoms with Crippen molar-refractivity contribution in [2.75, 3.05) is 17.7 Å². The molecule has 0 spiro atoms. The van der Waals surface area contributed by atoms with Gasteiger partial charge in [0, 0.05) is 24.7 Å². The van der Waals surface area contributed by atoms with Crippen LogP contribution in [0, 0.1) is 10.1 Å². The van der Waals surface area contributed by atoms with Gasteiger partial charge in [0.15, 0.2) is 0 Å². The van der Waals surface area contributed by atoms with Crippen molar-refractivity contribution in [2.24, 2.45) is 0 Å². The van der Waals surface area contributed by atoms with Gasteiger partial charge in [-0.2, -0.15) is 0 Å². The van der Waals surface area contributed by atoms with Crippen LogP contribution in [0.5, 0.6) is 0 Å². The molecular formula is C13H13ClN4O2. The van der Waals surface area contributed by atoms with Crippen molar-refractivity contribution in [3.63, 3.8) is 0 Å². The second-order valence-corrected chi connectivity index (χ2v) is 4.75. The normalized spacial score (nSPS) is 10.3. The first-order valence-electron chi connectivity index (χ1n) is 5.84. The molecule has 2 aromatic rings. The van der Waals surface area contributed by atoms with Gasteiger partial charge in [-0.05, 0) is 23.8 Å². The third-order valence-corrected chi connectivity index (χ3v) is 3.02. The van der Waals surface area contributed by atoms with Crippen LogP contribution >= 0.6 is 11.6 Å². The maximum atomic E-state index is 10.7. The highest BCUT2D eigenvalue weighted by Gasteiger charge is 2.14. The standard InChI is InChI=1S/C13H13ClN4O2/c1-17(8-9-3-2-4-10(14)7-9)12-6-5-11(18(19)20)13(15)16-12/h2-7H,8H2,1H3,(H2,15,16). The monoisotopic (exact) mass is 292 g/mol. The number of hydrogen-bond acceptors (Lipinski definition) is 5. The number of halogens is 1. The summed E-state index contributed by atoms with van der Waals surface area (Å²) in [7, 11) is 1.83. The molecule has 104 valence electrons. The smallest absolute Gasteiger partial charge is 0.311 e. The summed E-state index contributed by atoms with van der Waals surface area (Å²) in [5.41, 5.74) is 6.40. The predicted octanol–water partition coefficient (Wildman–Crippen LogP) is 2.86. The molecule has 0 radical (unpaired) electrons. The van der Waals surface area contributed by atoms with Gasteiger partial charge < -0.3 is 10.6 Å². The summed E-state index contributed by atoms with van der Waals surface area (Å²) in [5.74, 6) is 0.471. The average Bonchev–Trinajstić information content (AvgIpc) is 2.38. The topological polar surface area (TPSA) is 85.3 Å². The number of pyridine rings is 1. The van der Waals surface area contributed by atoms with Crippen molar-refractivity contribution in [2.45, 2.75) is 6.54 Å². The Morgan fingerprint density at radius 2 is 2.15 bits per heavy atom. The summed E-state index contributed by atoms with van der Waals surface area (Å²) in [6.45, 7) is 0.574. The third-order valence-electron chi connectivity index (χ3n) is 2.78. The van der Waals surface area contributed by atoms with E-state index in [9.17, 15) is 10.1 Å². The Bertz CT molecular complexity index is 648. The van der Waals surface area contributed by atoms with E-state index >= 15 is 0 Å². The van der Waals surface area contributed by atoms with Crippen molar-refractivity contribution < 1.29 is 4.92 Å². The zero-order valence-corrected chi connectivity index (χ0v) is 11.5. The van der Waals surface area contributed by atoms with Crippen LogP contribution in [-0.4, -0.2) is 17.0 Å². The molecule has 1 heterocycles. The van der Waals surface area contributed by atoms with Crippen molar-refractivity contribution in [3.8, 4) is 0 Å². The molecule has 0 bridgehead atoms. The molecule has 0 atom stereocenters. The zero-order chi connectivity index (χ0) is 14.7. The van der Waals surface area contributed by atoms with Gasteiger partial charge in [0.2, 0.25) is 5.82 Å². The average molecular weight is 293 g/mol. The van der Waals surface area contributed by atoms with Crippen molar-refractivity contribution in [3.05, 3.63) is 57.1 Å². The van der Waals surface area contributed by atoms with Gasteiger partial charge in [-0.15, -0.1) is 0 Å². The van der Waals surface area contributed by atoms with Crippen LogP contribution in [0.2, 0.25) is 5.02 Å². The minimum absolute atomic E-state index is 0.0922. The van der Waals surface area contributed by atoms with E-state index in [4.69, 9.17) is 17.3 Å². The molecule has 0 saturated carbocycles. The largest absolute Gasteiger partial charge is 0.378 e. The second kappa shape index (κ2) is 5.75. The van der Waals surface area contributed by atoms with Gasteiger partial charge in [0.25, 0.3) is 0 Å². The van der Waals surface area contributed by atoms with E-state index in [0.717, 1.165) is 5.56 Å². The molecule has 0 fully saturated rings. The molecule has 0 aliphatic heterocycles. The molecule has 2 N–H and O–H groups in total. The van der Waals surface area contributed by atoms with Crippen LogP contribution in [0.25, 0.3) is 0 Å². The first-order chi connectivity index (χ1) is 9.47. The molecule has 1 aromatic carbocycles. The molecule has 0 saturated heterocycles. The Labute approximate surface area is 120 Å². The molecule has 20 heavy (non-hydrogen) atoms. The first kappa shape index (κ1) is 14.1. The Balaban J connectivity index is 2.19. The number of anilines is 2. The molecule has 6 nitrogen and oxygen atoms in total. The van der Waals surface area contributed by atoms with E-state index in [1.165, 1.54) is 6.07 Å². The quantitative estimate of drug-likeness (QED) is 0.692. The van der Waals surface area contributed by atoms with E-state index in [-0.39, 0.29) is 11.5 Å². The second-order valence-electron chi connectivity index (χ2n) is 4.32. The van der Waals surface area contributed by atoms with Gasteiger partial charge in [-0.1, -0.05) is 23.7 Å². The van der Waals surface area contributed by atoms with E-state index in [2.05, 4.69) is 4.98 Å². The van der Waals surface area contributed by atoms with Gasteiger partial charge >= 0.3 is 5.69 Å². The predicted molar refractivity (Wildman–Crippen MR) is 78.9 cm³/mol. The van der Waals surface area contributed by atoms with Crippen molar-refractivity contribution >= 4 is 28.9 Å². The molecule has 7 heteroatoms. The van der Waals surface area contributed by atoms with E-state index in [0.29, 0.717) is 17.4 Å². The minimum atomic E-state index is -0.552. The molecule has 0 aliphatic rings. The fraction of sp³-hybridized carbons (Fsp3) is 0.154. The minimum Gasteiger partial charge on any atom is -0.378 e. The summed E-state index contributed by atoms with van der Waals surface area (Å²) in [6, 6.07) is 10.4. The number of benzene rings is 1. The third kappa shape index (κ3) is 3.16. The van der Waals surface area contributed by atoms with E-state index < -0.39 is 4.92 Å². The van der Waals surface area contributed by atoms with Gasteiger partial charge in [-0.3, -0.25) is 10.1 Å². The molecule has 2 rings (SSSR count). The summed E-state index contributed by atoms with van der Waals surface area (Å²) < 4.78 is 0. The highest BCUT2D eigenvalue weighted by molar-refractivity contribution is 6.30. The number of hydrogen-bond donors (Lipinski definition) is 1. The lowest BCUT2D eigenvalue weighted by molar-refractivity contribution is -0.384. The first-order valence-corrected chi connectivity index (χ1v) is 6.21. The van der Waals surface area contributed by atoms with Crippen molar-refractivity contribution in [1.82, 2.24) is 4.98 Å². The molecular weight excluding hydrogens is 280 g/mol. The lowest BCUT2D eigenvalue weighted by atomic mass is 10.2. The summed E-state index contributed by atoms with van der Waals surface area (Å²) in [5, 5.41) is 11.3. The van der Waals surface area contributed by atoms with Crippen LogP contribution in [0.3, 0.4) is 0 Å². The van der Waals surface area contributed by atoms with E-state index in [1.807, 2.05) is 30.1 Å². The van der Waals surface area contributed by atoms with Gasteiger partial charge in [0.1, 0.15) is 5.82 Å². The number of nitrogens with two attached hydrogens (primary N) is 1. The Morgan fingerprint density at radius 1 is 1.40 bits per heavy atom. The number of nitrogen functional groups attached to an aromatic ring is 1. The molecule has 0 aliphatic carbocycles. The number of nitrogens with zero attached hydrogens (tertiary/aromatic N) is 3. The molecule has 0 amide bonds. The highest BCUT2D eigenvalue weighted by Crippen LogP contribution is 2.23. The van der Waals surface area contributed by atoms with Crippen LogP contribution in [-0.2, 0) is 6.54 Å². The van der Waals surface area contributed by atoms with Crippen LogP contribution < -0.4 is 10.6 Å². The van der Waals surface area contributed by atoms with Crippen LogP contribution in [0.1, 0.15) is 5.56 Å². The van der Waals surface area contributed by atoms with E-state index in [1.54, 1.807) is 12.1 Å². The summed E-state index contributed by atoms with van der Waals surface area (Å²) >= 11 is 5.93. The summed E-state index contributed by atoms with van der Waals surface area (Å²) in [6.07, 6.45) is 0. The fourth-order valence-electron chi connectivity index (χ4n) is 1.81. The summed E-state index contributed by atoms with van der Waals surface area (Å²) in [4.78, 5) is 16.0. The Morgan fingerprint density at radius 3 is 2.75 bits per heavy atom. The lowest BCUT2D eigenvalue weighted by Crippen LogP contribution is -2.18. The Kier molecular flexibility index (Phi) is 4.05. The van der Waals surface area contributed by atoms with Crippen LogP contribution in [0.4, 0.5) is 17.3 Å². The fourth-order valence-corrected chi connectivity index (χ4v) is 2.03. The highest BCUT2D eigenvalue weighted by atomic mass is 35.5. The lowest BCUT2D eigenvalue weighted by Gasteiger charge is -2.18. The van der Waals surface area contributed by atoms with Gasteiger partial charge in [-0.25, -0.2) is 4.98 Å². The van der Waals surface area contributed by atoms with Crippen LogP contribution in [0.15, 0.2) is 36.4 Å². The number of nitro groups is 1. The maximum absolute atomic E-state index is 10.7. The van der Waals surface area contributed by atoms with Crippen molar-refractivity contribution in [1.29, 1.82) is 0 Å². The zero-order valence-electron chi connectivity index (χ0n) is 10.8. The molecule has 0 unspecified atom stereocenters. The molecule has 1 aromatic heterocycles. The Hall–Kier alpha value is -2.34. The maximum Gasteiger partial charge on any atom is 0.311 e. The number of rotatable bonds is 4.